The number of ether oxygens (including phenoxy) is 2. The molecule has 1 aliphatic rings. The SMILES string of the molecule is CCCCCCCC1(c2ccccc2)OCCCCO1. The van der Waals surface area contributed by atoms with E-state index in [4.69, 9.17) is 9.47 Å². The van der Waals surface area contributed by atoms with Crippen molar-refractivity contribution in [2.24, 2.45) is 0 Å². The number of benzene rings is 1. The lowest BCUT2D eigenvalue weighted by atomic mass is 9.98. The van der Waals surface area contributed by atoms with Crippen molar-refractivity contribution in [1.29, 1.82) is 0 Å². The molecular formula is C18H28O2. The van der Waals surface area contributed by atoms with Crippen molar-refractivity contribution in [3.05, 3.63) is 35.9 Å². The second kappa shape index (κ2) is 8.43. The molecule has 1 aromatic rings. The topological polar surface area (TPSA) is 18.5 Å². The van der Waals surface area contributed by atoms with Gasteiger partial charge in [0.1, 0.15) is 0 Å². The smallest absolute Gasteiger partial charge is 0.194 e. The van der Waals surface area contributed by atoms with E-state index < -0.39 is 5.79 Å². The van der Waals surface area contributed by atoms with Crippen molar-refractivity contribution < 1.29 is 9.47 Å². The van der Waals surface area contributed by atoms with Crippen LogP contribution in [0.3, 0.4) is 0 Å². The Morgan fingerprint density at radius 1 is 0.900 bits per heavy atom. The summed E-state index contributed by atoms with van der Waals surface area (Å²) in [5.74, 6) is -0.496. The summed E-state index contributed by atoms with van der Waals surface area (Å²) in [4.78, 5) is 0. The zero-order valence-corrected chi connectivity index (χ0v) is 12.8. The summed E-state index contributed by atoms with van der Waals surface area (Å²) in [6.45, 7) is 3.87. The van der Waals surface area contributed by atoms with E-state index in [0.29, 0.717) is 0 Å². The van der Waals surface area contributed by atoms with E-state index in [1.54, 1.807) is 0 Å². The van der Waals surface area contributed by atoms with Gasteiger partial charge in [-0.25, -0.2) is 0 Å². The first-order valence-electron chi connectivity index (χ1n) is 8.21. The maximum absolute atomic E-state index is 6.16. The Bertz CT molecular complexity index is 353. The van der Waals surface area contributed by atoms with Gasteiger partial charge in [0.2, 0.25) is 0 Å². The van der Waals surface area contributed by atoms with Gasteiger partial charge in [0.05, 0.1) is 13.2 Å². The first kappa shape index (κ1) is 15.5. The van der Waals surface area contributed by atoms with Gasteiger partial charge in [-0.1, -0.05) is 62.9 Å². The molecule has 0 radical (unpaired) electrons. The molecule has 20 heavy (non-hydrogen) atoms. The van der Waals surface area contributed by atoms with E-state index >= 15 is 0 Å². The minimum Gasteiger partial charge on any atom is -0.346 e. The number of hydrogen-bond donors (Lipinski definition) is 0. The predicted molar refractivity (Wildman–Crippen MR) is 82.6 cm³/mol. The zero-order chi connectivity index (χ0) is 14.1. The molecule has 0 saturated carbocycles. The van der Waals surface area contributed by atoms with Crippen LogP contribution < -0.4 is 0 Å². The molecule has 2 rings (SSSR count). The van der Waals surface area contributed by atoms with E-state index in [0.717, 1.165) is 32.5 Å². The summed E-state index contributed by atoms with van der Waals surface area (Å²) in [7, 11) is 0. The normalized spacial score (nSPS) is 18.6. The molecule has 0 N–H and O–H groups in total. The lowest BCUT2D eigenvalue weighted by Gasteiger charge is -2.33. The predicted octanol–water partition coefficient (Wildman–Crippen LogP) is 5.03. The van der Waals surface area contributed by atoms with Crippen LogP contribution in [0.15, 0.2) is 30.3 Å². The van der Waals surface area contributed by atoms with Crippen molar-refractivity contribution in [1.82, 2.24) is 0 Å². The zero-order valence-electron chi connectivity index (χ0n) is 12.8. The minimum atomic E-state index is -0.496. The highest BCUT2D eigenvalue weighted by atomic mass is 16.7. The molecule has 0 unspecified atom stereocenters. The van der Waals surface area contributed by atoms with Crippen LogP contribution in [0, 0.1) is 0 Å². The van der Waals surface area contributed by atoms with Crippen LogP contribution >= 0.6 is 0 Å². The van der Waals surface area contributed by atoms with Crippen LogP contribution in [0.2, 0.25) is 0 Å². The van der Waals surface area contributed by atoms with Gasteiger partial charge < -0.3 is 9.47 Å². The summed E-state index contributed by atoms with van der Waals surface area (Å²) < 4.78 is 12.3. The van der Waals surface area contributed by atoms with Gasteiger partial charge in [-0.3, -0.25) is 0 Å². The fraction of sp³-hybridized carbons (Fsp3) is 0.667. The van der Waals surface area contributed by atoms with E-state index in [-0.39, 0.29) is 0 Å². The van der Waals surface area contributed by atoms with Crippen molar-refractivity contribution in [3.63, 3.8) is 0 Å². The van der Waals surface area contributed by atoms with Gasteiger partial charge in [-0.15, -0.1) is 0 Å². The Morgan fingerprint density at radius 2 is 1.55 bits per heavy atom. The van der Waals surface area contributed by atoms with Gasteiger partial charge in [0.15, 0.2) is 5.79 Å². The van der Waals surface area contributed by atoms with Crippen LogP contribution in [-0.4, -0.2) is 13.2 Å². The third-order valence-corrected chi connectivity index (χ3v) is 4.03. The van der Waals surface area contributed by atoms with E-state index in [2.05, 4.69) is 37.3 Å². The Kier molecular flexibility index (Phi) is 6.55. The molecule has 0 bridgehead atoms. The van der Waals surface area contributed by atoms with Crippen LogP contribution in [0.1, 0.15) is 63.9 Å². The molecule has 1 heterocycles. The summed E-state index contributed by atoms with van der Waals surface area (Å²) in [5.41, 5.74) is 1.18. The molecule has 2 nitrogen and oxygen atoms in total. The molecule has 1 aliphatic heterocycles. The summed E-state index contributed by atoms with van der Waals surface area (Å²) in [6, 6.07) is 10.5. The van der Waals surface area contributed by atoms with E-state index in [1.807, 2.05) is 0 Å². The van der Waals surface area contributed by atoms with Crippen molar-refractivity contribution in [3.8, 4) is 0 Å². The monoisotopic (exact) mass is 276 g/mol. The highest BCUT2D eigenvalue weighted by molar-refractivity contribution is 5.20. The summed E-state index contributed by atoms with van der Waals surface area (Å²) in [5, 5.41) is 0. The molecule has 0 spiro atoms. The molecule has 0 amide bonds. The average Bonchev–Trinajstić information content (AvgIpc) is 2.75. The largest absolute Gasteiger partial charge is 0.346 e. The maximum atomic E-state index is 6.16. The van der Waals surface area contributed by atoms with Crippen molar-refractivity contribution in [2.75, 3.05) is 13.2 Å². The maximum Gasteiger partial charge on any atom is 0.194 e. The minimum absolute atomic E-state index is 0.496. The molecule has 0 atom stereocenters. The summed E-state index contributed by atoms with van der Waals surface area (Å²) >= 11 is 0. The molecule has 1 saturated heterocycles. The highest BCUT2D eigenvalue weighted by Crippen LogP contribution is 2.35. The van der Waals surface area contributed by atoms with E-state index in [1.165, 1.54) is 37.7 Å². The van der Waals surface area contributed by atoms with Gasteiger partial charge >= 0.3 is 0 Å². The van der Waals surface area contributed by atoms with Crippen molar-refractivity contribution >= 4 is 0 Å². The molecule has 1 aromatic carbocycles. The van der Waals surface area contributed by atoms with Gasteiger partial charge in [0, 0.05) is 12.0 Å². The van der Waals surface area contributed by atoms with E-state index in [9.17, 15) is 0 Å². The standard InChI is InChI=1S/C18H28O2/c1-2-3-4-5-9-14-18(17-12-7-6-8-13-17)19-15-10-11-16-20-18/h6-8,12-13H,2-5,9-11,14-16H2,1H3. The molecule has 2 heteroatoms. The second-order valence-electron chi connectivity index (χ2n) is 5.69. The fourth-order valence-corrected chi connectivity index (χ4v) is 2.83. The Balaban J connectivity index is 2.00. The third-order valence-electron chi connectivity index (χ3n) is 4.03. The third kappa shape index (κ3) is 4.32. The van der Waals surface area contributed by atoms with Crippen LogP contribution in [0.5, 0.6) is 0 Å². The van der Waals surface area contributed by atoms with Gasteiger partial charge in [0.25, 0.3) is 0 Å². The molecule has 0 aromatic heterocycles. The second-order valence-corrected chi connectivity index (χ2v) is 5.69. The number of unbranched alkanes of at least 4 members (excludes halogenated alkanes) is 4. The Morgan fingerprint density at radius 3 is 2.20 bits per heavy atom. The first-order chi connectivity index (χ1) is 9.87. The highest BCUT2D eigenvalue weighted by Gasteiger charge is 2.34. The van der Waals surface area contributed by atoms with Crippen LogP contribution in [0.4, 0.5) is 0 Å². The van der Waals surface area contributed by atoms with Crippen LogP contribution in [0.25, 0.3) is 0 Å². The summed E-state index contributed by atoms with van der Waals surface area (Å²) in [6.07, 6.45) is 9.57. The lowest BCUT2D eigenvalue weighted by Crippen LogP contribution is -2.32. The quantitative estimate of drug-likeness (QED) is 0.650. The average molecular weight is 276 g/mol. The Hall–Kier alpha value is -0.860. The fourth-order valence-electron chi connectivity index (χ4n) is 2.83. The van der Waals surface area contributed by atoms with Crippen molar-refractivity contribution in [2.45, 2.75) is 64.1 Å². The Labute approximate surface area is 123 Å². The van der Waals surface area contributed by atoms with Crippen LogP contribution in [-0.2, 0) is 15.3 Å². The number of rotatable bonds is 7. The van der Waals surface area contributed by atoms with Gasteiger partial charge in [-0.2, -0.15) is 0 Å². The molecule has 0 aliphatic carbocycles. The lowest BCUT2D eigenvalue weighted by molar-refractivity contribution is -0.239. The molecular weight excluding hydrogens is 248 g/mol. The molecule has 112 valence electrons. The first-order valence-corrected chi connectivity index (χ1v) is 8.21. The number of hydrogen-bond acceptors (Lipinski definition) is 2. The van der Waals surface area contributed by atoms with Gasteiger partial charge in [-0.05, 0) is 19.3 Å². The molecule has 1 fully saturated rings.